The number of amides is 1. The summed E-state index contributed by atoms with van der Waals surface area (Å²) in [5, 5.41) is 23.0. The van der Waals surface area contributed by atoms with Gasteiger partial charge in [-0.2, -0.15) is 0 Å². The van der Waals surface area contributed by atoms with E-state index >= 15 is 0 Å². The number of thiophene rings is 1. The lowest BCUT2D eigenvalue weighted by Gasteiger charge is -2.06. The smallest absolute Gasteiger partial charge is 0.255 e. The zero-order chi connectivity index (χ0) is 15.2. The molecule has 0 saturated carbocycles. The van der Waals surface area contributed by atoms with Gasteiger partial charge in [0.15, 0.2) is 0 Å². The predicted molar refractivity (Wildman–Crippen MR) is 85.3 cm³/mol. The Labute approximate surface area is 134 Å². The number of nitrogens with one attached hydrogen (secondary N) is 1. The van der Waals surface area contributed by atoms with Crippen LogP contribution < -0.4 is 5.32 Å². The molecule has 0 aliphatic carbocycles. The van der Waals surface area contributed by atoms with Crippen molar-refractivity contribution >= 4 is 33.2 Å². The molecule has 1 amide bonds. The Balaban J connectivity index is 2.08. The van der Waals surface area contributed by atoms with E-state index in [0.29, 0.717) is 6.54 Å². The second-order valence-corrected chi connectivity index (χ2v) is 5.98. The van der Waals surface area contributed by atoms with E-state index in [1.165, 1.54) is 17.4 Å². The highest BCUT2D eigenvalue weighted by atomic mass is 79.9. The number of hydrogen-bond acceptors (Lipinski definition) is 4. The van der Waals surface area contributed by atoms with E-state index in [2.05, 4.69) is 33.1 Å². The van der Waals surface area contributed by atoms with Crippen molar-refractivity contribution in [2.45, 2.75) is 6.54 Å². The van der Waals surface area contributed by atoms with E-state index in [0.717, 1.165) is 14.9 Å². The third-order valence-electron chi connectivity index (χ3n) is 2.66. The fraction of sp³-hybridized carbons (Fsp3) is 0.133. The van der Waals surface area contributed by atoms with Gasteiger partial charge < -0.3 is 15.5 Å². The second-order valence-electron chi connectivity index (χ2n) is 4.06. The van der Waals surface area contributed by atoms with E-state index in [9.17, 15) is 9.90 Å². The molecule has 2 aromatic rings. The number of benzene rings is 1. The van der Waals surface area contributed by atoms with Gasteiger partial charge in [0, 0.05) is 14.9 Å². The summed E-state index contributed by atoms with van der Waals surface area (Å²) in [6.45, 7) is 0.117. The predicted octanol–water partition coefficient (Wildman–Crippen LogP) is 2.49. The molecule has 0 bridgehead atoms. The first-order valence-electron chi connectivity index (χ1n) is 6.04. The van der Waals surface area contributed by atoms with Crippen molar-refractivity contribution in [1.82, 2.24) is 5.32 Å². The van der Waals surface area contributed by atoms with Gasteiger partial charge in [-0.25, -0.2) is 0 Å². The van der Waals surface area contributed by atoms with Crippen LogP contribution in [0.1, 0.15) is 20.8 Å². The Hall–Kier alpha value is -1.81. The van der Waals surface area contributed by atoms with Crippen LogP contribution in [0, 0.1) is 11.8 Å². The Morgan fingerprint density at radius 2 is 2.19 bits per heavy atom. The van der Waals surface area contributed by atoms with Gasteiger partial charge in [-0.15, -0.1) is 11.3 Å². The molecule has 21 heavy (non-hydrogen) atoms. The summed E-state index contributed by atoms with van der Waals surface area (Å²) in [7, 11) is 0. The standard InChI is InChI=1S/C15H12BrNO3S/c16-11-3-4-13(19)12(8-11)15(20)17-9-14-10(2-1-6-18)5-7-21-14/h3-5,7-8,18-19H,6,9H2,(H,17,20). The molecular weight excluding hydrogens is 354 g/mol. The van der Waals surface area contributed by atoms with Crippen LogP contribution in [0.25, 0.3) is 0 Å². The molecule has 0 aliphatic rings. The van der Waals surface area contributed by atoms with E-state index in [4.69, 9.17) is 5.11 Å². The van der Waals surface area contributed by atoms with Gasteiger partial charge in [-0.1, -0.05) is 27.8 Å². The summed E-state index contributed by atoms with van der Waals surface area (Å²) in [6.07, 6.45) is 0. The summed E-state index contributed by atoms with van der Waals surface area (Å²) in [6, 6.07) is 6.52. The fourth-order valence-corrected chi connectivity index (χ4v) is 2.80. The topological polar surface area (TPSA) is 69.6 Å². The Morgan fingerprint density at radius 3 is 2.95 bits per heavy atom. The Bertz CT molecular complexity index is 715. The van der Waals surface area contributed by atoms with Gasteiger partial charge in [0.2, 0.25) is 0 Å². The maximum atomic E-state index is 12.1. The van der Waals surface area contributed by atoms with Gasteiger partial charge in [-0.05, 0) is 29.6 Å². The molecule has 4 nitrogen and oxygen atoms in total. The zero-order valence-electron chi connectivity index (χ0n) is 10.9. The fourth-order valence-electron chi connectivity index (χ4n) is 1.67. The number of phenolic OH excluding ortho intramolecular Hbond substituents is 1. The molecule has 2 rings (SSSR count). The number of aliphatic hydroxyl groups is 1. The Morgan fingerprint density at radius 1 is 1.38 bits per heavy atom. The SMILES string of the molecule is O=C(NCc1sccc1C#CCO)c1cc(Br)ccc1O. The average Bonchev–Trinajstić information content (AvgIpc) is 2.92. The van der Waals surface area contributed by atoms with Crippen molar-refractivity contribution in [2.24, 2.45) is 0 Å². The molecule has 3 N–H and O–H groups in total. The number of halogens is 1. The lowest BCUT2D eigenvalue weighted by atomic mass is 10.2. The van der Waals surface area contributed by atoms with Crippen LogP contribution in [0.3, 0.4) is 0 Å². The molecule has 1 heterocycles. The first-order chi connectivity index (χ1) is 10.1. The highest BCUT2D eigenvalue weighted by Gasteiger charge is 2.12. The first-order valence-corrected chi connectivity index (χ1v) is 7.72. The first kappa shape index (κ1) is 15.6. The van der Waals surface area contributed by atoms with Crippen LogP contribution in [0.15, 0.2) is 34.1 Å². The minimum atomic E-state index is -0.358. The molecule has 0 atom stereocenters. The van der Waals surface area contributed by atoms with Crippen LogP contribution >= 0.6 is 27.3 Å². The van der Waals surface area contributed by atoms with Crippen molar-refractivity contribution in [3.63, 3.8) is 0 Å². The highest BCUT2D eigenvalue weighted by Crippen LogP contribution is 2.22. The summed E-state index contributed by atoms with van der Waals surface area (Å²) < 4.78 is 0.719. The zero-order valence-corrected chi connectivity index (χ0v) is 13.3. The lowest BCUT2D eigenvalue weighted by molar-refractivity contribution is 0.0948. The highest BCUT2D eigenvalue weighted by molar-refractivity contribution is 9.10. The third kappa shape index (κ3) is 4.08. The van der Waals surface area contributed by atoms with Crippen LogP contribution in [0.5, 0.6) is 5.75 Å². The molecule has 6 heteroatoms. The molecular formula is C15H12BrNO3S. The maximum absolute atomic E-state index is 12.1. The average molecular weight is 366 g/mol. The van der Waals surface area contributed by atoms with Gasteiger partial charge in [-0.3, -0.25) is 4.79 Å². The summed E-state index contributed by atoms with van der Waals surface area (Å²) in [5.74, 6) is 4.98. The molecule has 0 aliphatic heterocycles. The number of phenols is 1. The number of aromatic hydroxyl groups is 1. The molecule has 0 radical (unpaired) electrons. The number of hydrogen-bond donors (Lipinski definition) is 3. The maximum Gasteiger partial charge on any atom is 0.255 e. The number of rotatable bonds is 3. The molecule has 0 saturated heterocycles. The van der Waals surface area contributed by atoms with E-state index in [-0.39, 0.29) is 23.8 Å². The van der Waals surface area contributed by atoms with Crippen molar-refractivity contribution in [3.05, 3.63) is 50.1 Å². The van der Waals surface area contributed by atoms with Crippen LogP contribution in [-0.2, 0) is 6.54 Å². The quantitative estimate of drug-likeness (QED) is 0.731. The van der Waals surface area contributed by atoms with Crippen LogP contribution in [-0.4, -0.2) is 22.7 Å². The molecule has 0 unspecified atom stereocenters. The van der Waals surface area contributed by atoms with E-state index < -0.39 is 0 Å². The van der Waals surface area contributed by atoms with Gasteiger partial charge in [0.25, 0.3) is 5.91 Å². The molecule has 1 aromatic carbocycles. The molecule has 0 spiro atoms. The van der Waals surface area contributed by atoms with Gasteiger partial charge in [0.05, 0.1) is 12.1 Å². The van der Waals surface area contributed by atoms with Crippen molar-refractivity contribution in [3.8, 4) is 17.6 Å². The van der Waals surface area contributed by atoms with E-state index in [1.54, 1.807) is 12.1 Å². The van der Waals surface area contributed by atoms with Crippen molar-refractivity contribution in [2.75, 3.05) is 6.61 Å². The van der Waals surface area contributed by atoms with Crippen LogP contribution in [0.4, 0.5) is 0 Å². The molecule has 108 valence electrons. The summed E-state index contributed by atoms with van der Waals surface area (Å²) in [4.78, 5) is 13.0. The largest absolute Gasteiger partial charge is 0.507 e. The summed E-state index contributed by atoms with van der Waals surface area (Å²) >= 11 is 4.74. The van der Waals surface area contributed by atoms with Crippen molar-refractivity contribution in [1.29, 1.82) is 0 Å². The van der Waals surface area contributed by atoms with Crippen LogP contribution in [0.2, 0.25) is 0 Å². The van der Waals surface area contributed by atoms with Gasteiger partial charge in [0.1, 0.15) is 12.4 Å². The number of carbonyl (C=O) groups excluding carboxylic acids is 1. The minimum Gasteiger partial charge on any atom is -0.507 e. The number of aliphatic hydroxyl groups excluding tert-OH is 1. The number of carbonyl (C=O) groups is 1. The second kappa shape index (κ2) is 7.27. The Kier molecular flexibility index (Phi) is 5.39. The van der Waals surface area contributed by atoms with E-state index in [1.807, 2.05) is 11.4 Å². The monoisotopic (exact) mass is 365 g/mol. The molecule has 0 fully saturated rings. The lowest BCUT2D eigenvalue weighted by Crippen LogP contribution is -2.22. The van der Waals surface area contributed by atoms with Crippen molar-refractivity contribution < 1.29 is 15.0 Å². The minimum absolute atomic E-state index is 0.0674. The molecule has 1 aromatic heterocycles. The third-order valence-corrected chi connectivity index (χ3v) is 4.07. The summed E-state index contributed by atoms with van der Waals surface area (Å²) in [5.41, 5.74) is 0.997. The normalized spacial score (nSPS) is 9.81. The van der Waals surface area contributed by atoms with Gasteiger partial charge >= 0.3 is 0 Å².